The molecule has 0 amide bonds. The van der Waals surface area contributed by atoms with Crippen molar-refractivity contribution in [3.05, 3.63) is 48.0 Å². The molecule has 0 bridgehead atoms. The molecule has 2 aromatic rings. The first-order chi connectivity index (χ1) is 9.68. The smallest absolute Gasteiger partial charge is 0.000823 e. The topological polar surface area (TPSA) is 12.0 Å². The number of rotatable bonds is 7. The lowest BCUT2D eigenvalue weighted by atomic mass is 9.78. The van der Waals surface area contributed by atoms with Crippen LogP contribution in [0.1, 0.15) is 39.2 Å². The van der Waals surface area contributed by atoms with Crippen molar-refractivity contribution in [1.82, 2.24) is 5.32 Å². The Bertz CT molecular complexity index is 541. The minimum absolute atomic E-state index is 0.342. The molecule has 108 valence electrons. The van der Waals surface area contributed by atoms with E-state index in [9.17, 15) is 0 Å². The molecule has 2 aromatic carbocycles. The summed E-state index contributed by atoms with van der Waals surface area (Å²) in [5, 5.41) is 6.31. The van der Waals surface area contributed by atoms with Gasteiger partial charge in [-0.25, -0.2) is 0 Å². The Balaban J connectivity index is 2.28. The van der Waals surface area contributed by atoms with Gasteiger partial charge in [-0.3, -0.25) is 0 Å². The summed E-state index contributed by atoms with van der Waals surface area (Å²) in [6, 6.07) is 15.4. The zero-order valence-electron chi connectivity index (χ0n) is 13.1. The van der Waals surface area contributed by atoms with Crippen LogP contribution < -0.4 is 5.32 Å². The predicted molar refractivity (Wildman–Crippen MR) is 89.2 cm³/mol. The molecule has 2 rings (SSSR count). The van der Waals surface area contributed by atoms with E-state index >= 15 is 0 Å². The van der Waals surface area contributed by atoms with Crippen molar-refractivity contribution in [2.75, 3.05) is 13.1 Å². The summed E-state index contributed by atoms with van der Waals surface area (Å²) in [6.07, 6.45) is 3.66. The Labute approximate surface area is 123 Å². The summed E-state index contributed by atoms with van der Waals surface area (Å²) >= 11 is 0. The number of hydrogen-bond donors (Lipinski definition) is 1. The van der Waals surface area contributed by atoms with E-state index in [0.29, 0.717) is 5.41 Å². The van der Waals surface area contributed by atoms with E-state index in [2.05, 4.69) is 68.6 Å². The SMILES string of the molecule is CCCC(C)(CNCC)Cc1cccc2ccccc12. The van der Waals surface area contributed by atoms with Gasteiger partial charge in [0.2, 0.25) is 0 Å². The van der Waals surface area contributed by atoms with Gasteiger partial charge in [-0.1, -0.05) is 69.7 Å². The summed E-state index contributed by atoms with van der Waals surface area (Å²) in [6.45, 7) is 9.04. The minimum atomic E-state index is 0.342. The molecule has 0 spiro atoms. The van der Waals surface area contributed by atoms with Crippen molar-refractivity contribution in [3.8, 4) is 0 Å². The Morgan fingerprint density at radius 3 is 2.50 bits per heavy atom. The zero-order valence-corrected chi connectivity index (χ0v) is 13.1. The van der Waals surface area contributed by atoms with Gasteiger partial charge in [0, 0.05) is 6.54 Å². The monoisotopic (exact) mass is 269 g/mol. The van der Waals surface area contributed by atoms with Crippen molar-refractivity contribution < 1.29 is 0 Å². The van der Waals surface area contributed by atoms with Crippen molar-refractivity contribution in [2.24, 2.45) is 5.41 Å². The zero-order chi connectivity index (χ0) is 14.4. The van der Waals surface area contributed by atoms with Crippen LogP contribution in [0.4, 0.5) is 0 Å². The summed E-state index contributed by atoms with van der Waals surface area (Å²) in [4.78, 5) is 0. The Kier molecular flexibility index (Phi) is 5.19. The summed E-state index contributed by atoms with van der Waals surface area (Å²) < 4.78 is 0. The second-order valence-corrected chi connectivity index (χ2v) is 6.16. The van der Waals surface area contributed by atoms with Crippen LogP contribution in [0.2, 0.25) is 0 Å². The molecule has 1 atom stereocenters. The predicted octanol–water partition coefficient (Wildman–Crippen LogP) is 4.80. The summed E-state index contributed by atoms with van der Waals surface area (Å²) in [7, 11) is 0. The molecule has 0 radical (unpaired) electrons. The Morgan fingerprint density at radius 2 is 1.75 bits per heavy atom. The number of hydrogen-bond acceptors (Lipinski definition) is 1. The molecule has 0 heterocycles. The van der Waals surface area contributed by atoms with Crippen LogP contribution in [0.25, 0.3) is 10.8 Å². The molecule has 0 fully saturated rings. The van der Waals surface area contributed by atoms with E-state index in [1.807, 2.05) is 0 Å². The van der Waals surface area contributed by atoms with Gasteiger partial charge in [0.25, 0.3) is 0 Å². The first-order valence-electron chi connectivity index (χ1n) is 7.86. The molecule has 20 heavy (non-hydrogen) atoms. The van der Waals surface area contributed by atoms with Gasteiger partial charge < -0.3 is 5.32 Å². The van der Waals surface area contributed by atoms with E-state index in [1.165, 1.54) is 29.2 Å². The van der Waals surface area contributed by atoms with Crippen LogP contribution in [0, 0.1) is 5.41 Å². The summed E-state index contributed by atoms with van der Waals surface area (Å²) in [5.41, 5.74) is 1.83. The highest BCUT2D eigenvalue weighted by Gasteiger charge is 2.23. The molecular formula is C19H27N. The van der Waals surface area contributed by atoms with Crippen LogP contribution in [0.3, 0.4) is 0 Å². The molecule has 1 heteroatoms. The highest BCUT2D eigenvalue weighted by atomic mass is 14.9. The lowest BCUT2D eigenvalue weighted by Crippen LogP contribution is -2.33. The van der Waals surface area contributed by atoms with Crippen molar-refractivity contribution in [1.29, 1.82) is 0 Å². The molecule has 0 saturated heterocycles. The highest BCUT2D eigenvalue weighted by molar-refractivity contribution is 5.85. The van der Waals surface area contributed by atoms with Crippen molar-refractivity contribution >= 4 is 10.8 Å². The molecule has 1 N–H and O–H groups in total. The van der Waals surface area contributed by atoms with E-state index in [-0.39, 0.29) is 0 Å². The van der Waals surface area contributed by atoms with Crippen LogP contribution in [-0.4, -0.2) is 13.1 Å². The minimum Gasteiger partial charge on any atom is -0.316 e. The first kappa shape index (κ1) is 15.1. The van der Waals surface area contributed by atoms with Gasteiger partial charge >= 0.3 is 0 Å². The van der Waals surface area contributed by atoms with Gasteiger partial charge in [0.15, 0.2) is 0 Å². The van der Waals surface area contributed by atoms with E-state index in [0.717, 1.165) is 19.5 Å². The molecule has 1 nitrogen and oxygen atoms in total. The normalized spacial score (nSPS) is 14.3. The number of nitrogens with one attached hydrogen (secondary N) is 1. The maximum atomic E-state index is 3.54. The maximum Gasteiger partial charge on any atom is 0.000823 e. The lowest BCUT2D eigenvalue weighted by molar-refractivity contribution is 0.278. The average Bonchev–Trinajstić information content (AvgIpc) is 2.46. The molecule has 0 aliphatic carbocycles. The standard InChI is InChI=1S/C19H27N/c1-4-13-19(3,15-20-5-2)14-17-11-8-10-16-9-6-7-12-18(16)17/h6-12,20H,4-5,13-15H2,1-3H3. The van der Waals surface area contributed by atoms with Crippen LogP contribution in [0.5, 0.6) is 0 Å². The third-order valence-electron chi connectivity index (χ3n) is 4.15. The number of fused-ring (bicyclic) bond motifs is 1. The molecule has 0 aliphatic rings. The van der Waals surface area contributed by atoms with E-state index in [4.69, 9.17) is 0 Å². The lowest BCUT2D eigenvalue weighted by Gasteiger charge is -2.30. The molecule has 0 aliphatic heterocycles. The molecule has 0 saturated carbocycles. The fraction of sp³-hybridized carbons (Fsp3) is 0.474. The van der Waals surface area contributed by atoms with Gasteiger partial charge in [-0.05, 0) is 41.1 Å². The van der Waals surface area contributed by atoms with Crippen LogP contribution >= 0.6 is 0 Å². The second-order valence-electron chi connectivity index (χ2n) is 6.16. The van der Waals surface area contributed by atoms with Crippen LogP contribution in [0.15, 0.2) is 42.5 Å². The molecule has 1 unspecified atom stereocenters. The third-order valence-corrected chi connectivity index (χ3v) is 4.15. The Morgan fingerprint density at radius 1 is 1.00 bits per heavy atom. The van der Waals surface area contributed by atoms with Gasteiger partial charge in [-0.15, -0.1) is 0 Å². The Hall–Kier alpha value is -1.34. The van der Waals surface area contributed by atoms with Crippen molar-refractivity contribution in [2.45, 2.75) is 40.0 Å². The quantitative estimate of drug-likeness (QED) is 0.761. The van der Waals surface area contributed by atoms with Gasteiger partial charge in [0.1, 0.15) is 0 Å². The van der Waals surface area contributed by atoms with Crippen molar-refractivity contribution in [3.63, 3.8) is 0 Å². The van der Waals surface area contributed by atoms with E-state index < -0.39 is 0 Å². The van der Waals surface area contributed by atoms with E-state index in [1.54, 1.807) is 0 Å². The van der Waals surface area contributed by atoms with Gasteiger partial charge in [-0.2, -0.15) is 0 Å². The third kappa shape index (κ3) is 3.61. The average molecular weight is 269 g/mol. The summed E-state index contributed by atoms with van der Waals surface area (Å²) in [5.74, 6) is 0. The fourth-order valence-corrected chi connectivity index (χ4v) is 3.18. The maximum absolute atomic E-state index is 3.54. The van der Waals surface area contributed by atoms with Gasteiger partial charge in [0.05, 0.1) is 0 Å². The fourth-order valence-electron chi connectivity index (χ4n) is 3.18. The second kappa shape index (κ2) is 6.90. The van der Waals surface area contributed by atoms with Crippen LogP contribution in [-0.2, 0) is 6.42 Å². The first-order valence-corrected chi connectivity index (χ1v) is 7.86. The number of benzene rings is 2. The largest absolute Gasteiger partial charge is 0.316 e. The molecule has 0 aromatic heterocycles. The highest BCUT2D eigenvalue weighted by Crippen LogP contribution is 2.30. The molecular weight excluding hydrogens is 242 g/mol.